The second-order valence-corrected chi connectivity index (χ2v) is 1.92. The van der Waals surface area contributed by atoms with Crippen molar-refractivity contribution in [3.8, 4) is 0 Å². The van der Waals surface area contributed by atoms with Crippen LogP contribution >= 0.6 is 0 Å². The lowest BCUT2D eigenvalue weighted by Gasteiger charge is -1.93. The van der Waals surface area contributed by atoms with Crippen LogP contribution in [-0.4, -0.2) is 13.1 Å². The minimum Gasteiger partial charge on any atom is -0.465 e. The average molecular weight is 156 g/mol. The Morgan fingerprint density at radius 1 is 1.55 bits per heavy atom. The summed E-state index contributed by atoms with van der Waals surface area (Å²) in [6, 6.07) is 2.68. The molecule has 1 heterocycles. The van der Waals surface area contributed by atoms with Crippen LogP contribution in [-0.2, 0) is 4.74 Å². The van der Waals surface area contributed by atoms with Crippen LogP contribution < -0.4 is 4.79 Å². The monoisotopic (exact) mass is 156 g/mol. The van der Waals surface area contributed by atoms with Gasteiger partial charge < -0.3 is 4.74 Å². The maximum absolute atomic E-state index is 12.2. The number of carbonyl (C=O) groups excluding carboxylic acids is 1. The van der Waals surface area contributed by atoms with Crippen LogP contribution in [0.15, 0.2) is 24.5 Å². The molecule has 11 heavy (non-hydrogen) atoms. The van der Waals surface area contributed by atoms with Crippen molar-refractivity contribution in [3.05, 3.63) is 30.1 Å². The number of nitrogens with zero attached hydrogens (tertiary/aromatic N) is 1. The third kappa shape index (κ3) is 1.73. The van der Waals surface area contributed by atoms with E-state index in [1.165, 1.54) is 19.2 Å². The summed E-state index contributed by atoms with van der Waals surface area (Å²) in [5, 5.41) is 0. The summed E-state index contributed by atoms with van der Waals surface area (Å²) in [5.41, 5.74) is 0.335. The van der Waals surface area contributed by atoms with Gasteiger partial charge in [0.1, 0.15) is 0 Å². The first-order valence-electron chi connectivity index (χ1n) is 3.00. The molecule has 0 aliphatic rings. The number of ether oxygens (including phenoxy) is 1. The van der Waals surface area contributed by atoms with Crippen molar-refractivity contribution >= 4 is 5.97 Å². The van der Waals surface area contributed by atoms with Gasteiger partial charge >= 0.3 is 5.97 Å². The lowest BCUT2D eigenvalue weighted by atomic mass is 10.3. The highest BCUT2D eigenvalue weighted by Crippen LogP contribution is 1.96. The number of aromatic nitrogens is 1. The van der Waals surface area contributed by atoms with Crippen LogP contribution in [0.3, 0.4) is 0 Å². The standard InChI is InChI=1S/C7H7FNO2/c1-11-7(10)6-2-4-9(8)5-3-6/h2-5H,1H3/q+1. The van der Waals surface area contributed by atoms with Gasteiger partial charge in [0.15, 0.2) is 0 Å². The van der Waals surface area contributed by atoms with E-state index in [0.717, 1.165) is 12.4 Å². The lowest BCUT2D eigenvalue weighted by molar-refractivity contribution is -0.843. The molecule has 0 fully saturated rings. The highest BCUT2D eigenvalue weighted by atomic mass is 19.2. The second-order valence-electron chi connectivity index (χ2n) is 1.92. The minimum absolute atomic E-state index is 0.335. The number of hydrogen-bond acceptors (Lipinski definition) is 2. The first-order valence-corrected chi connectivity index (χ1v) is 3.00. The SMILES string of the molecule is COC(=O)c1cc[n+](F)cc1. The molecule has 4 heteroatoms. The van der Waals surface area contributed by atoms with E-state index in [1.54, 1.807) is 0 Å². The molecule has 0 aliphatic heterocycles. The fraction of sp³-hybridized carbons (Fsp3) is 0.143. The number of esters is 1. The van der Waals surface area contributed by atoms with Gasteiger partial charge in [-0.2, -0.15) is 0 Å². The summed E-state index contributed by atoms with van der Waals surface area (Å²) in [7, 11) is 1.28. The van der Waals surface area contributed by atoms with Crippen LogP contribution in [0.4, 0.5) is 4.48 Å². The van der Waals surface area contributed by atoms with Gasteiger partial charge in [-0.05, 0) is 0 Å². The van der Waals surface area contributed by atoms with Crippen molar-refractivity contribution in [1.29, 1.82) is 0 Å². The minimum atomic E-state index is -0.467. The number of halogens is 1. The Morgan fingerprint density at radius 3 is 2.55 bits per heavy atom. The Hall–Kier alpha value is -1.45. The van der Waals surface area contributed by atoms with Gasteiger partial charge in [0, 0.05) is 16.9 Å². The highest BCUT2D eigenvalue weighted by Gasteiger charge is 2.06. The summed E-state index contributed by atoms with van der Waals surface area (Å²) in [4.78, 5) is 11.1. The van der Waals surface area contributed by atoms with E-state index < -0.39 is 5.97 Å². The smallest absolute Gasteiger partial charge is 0.338 e. The molecular weight excluding hydrogens is 149 g/mol. The molecule has 0 saturated heterocycles. The van der Waals surface area contributed by atoms with Gasteiger partial charge in [-0.1, -0.05) is 0 Å². The van der Waals surface area contributed by atoms with Gasteiger partial charge in [-0.15, -0.1) is 0 Å². The number of methoxy groups -OCH3 is 1. The Morgan fingerprint density at radius 2 is 2.09 bits per heavy atom. The molecular formula is C7H7FNO2+. The molecule has 1 aromatic rings. The summed E-state index contributed by atoms with van der Waals surface area (Å²) < 4.78 is 16.6. The van der Waals surface area contributed by atoms with E-state index in [4.69, 9.17) is 0 Å². The largest absolute Gasteiger partial charge is 0.465 e. The summed E-state index contributed by atoms with van der Waals surface area (Å²) in [5.74, 6) is -0.467. The van der Waals surface area contributed by atoms with Crippen LogP contribution in [0.25, 0.3) is 0 Å². The van der Waals surface area contributed by atoms with Crippen molar-refractivity contribution in [2.45, 2.75) is 0 Å². The summed E-state index contributed by atoms with van der Waals surface area (Å²) >= 11 is 0. The normalized spacial score (nSPS) is 9.27. The Kier molecular flexibility index (Phi) is 2.15. The van der Waals surface area contributed by atoms with Gasteiger partial charge in [0.25, 0.3) is 0 Å². The fourth-order valence-corrected chi connectivity index (χ4v) is 0.662. The predicted octanol–water partition coefficient (Wildman–Crippen LogP) is 0.493. The molecule has 0 N–H and O–H groups in total. The predicted molar refractivity (Wildman–Crippen MR) is 34.5 cm³/mol. The van der Waals surface area contributed by atoms with Crippen molar-refractivity contribution in [1.82, 2.24) is 0 Å². The maximum Gasteiger partial charge on any atom is 0.338 e. The number of hydrogen-bond donors (Lipinski definition) is 0. The summed E-state index contributed by atoms with van der Waals surface area (Å²) in [6.07, 6.45) is 2.26. The molecule has 1 rings (SSSR count). The Labute approximate surface area is 63.0 Å². The third-order valence-electron chi connectivity index (χ3n) is 1.21. The fourth-order valence-electron chi connectivity index (χ4n) is 0.662. The van der Waals surface area contributed by atoms with Crippen LogP contribution in [0.1, 0.15) is 10.4 Å². The molecule has 0 aromatic carbocycles. The zero-order valence-corrected chi connectivity index (χ0v) is 5.95. The van der Waals surface area contributed by atoms with Crippen molar-refractivity contribution in [2.24, 2.45) is 0 Å². The van der Waals surface area contributed by atoms with Gasteiger partial charge in [0.05, 0.1) is 17.2 Å². The maximum atomic E-state index is 12.2. The Balaban J connectivity index is 2.90. The molecule has 0 radical (unpaired) electrons. The first-order chi connectivity index (χ1) is 5.24. The van der Waals surface area contributed by atoms with Crippen LogP contribution in [0.2, 0.25) is 0 Å². The second kappa shape index (κ2) is 3.09. The topological polar surface area (TPSA) is 30.2 Å². The van der Waals surface area contributed by atoms with Crippen molar-refractivity contribution in [2.75, 3.05) is 7.11 Å². The van der Waals surface area contributed by atoms with Gasteiger partial charge in [-0.25, -0.2) is 4.79 Å². The highest BCUT2D eigenvalue weighted by molar-refractivity contribution is 5.88. The van der Waals surface area contributed by atoms with Crippen molar-refractivity contribution in [3.63, 3.8) is 0 Å². The molecule has 3 nitrogen and oxygen atoms in total. The Bertz CT molecular complexity index is 258. The van der Waals surface area contributed by atoms with Gasteiger partial charge in [-0.3, -0.25) is 0 Å². The van der Waals surface area contributed by atoms with E-state index >= 15 is 0 Å². The third-order valence-corrected chi connectivity index (χ3v) is 1.21. The molecule has 1 aromatic heterocycles. The van der Waals surface area contributed by atoms with E-state index in [1.807, 2.05) is 0 Å². The van der Waals surface area contributed by atoms with Gasteiger partial charge in [0.2, 0.25) is 12.4 Å². The summed E-state index contributed by atoms with van der Waals surface area (Å²) in [6.45, 7) is 0. The number of rotatable bonds is 1. The molecule has 0 atom stereocenters. The first kappa shape index (κ1) is 7.65. The molecule has 58 valence electrons. The molecule has 0 saturated carbocycles. The van der Waals surface area contributed by atoms with E-state index in [0.29, 0.717) is 10.4 Å². The van der Waals surface area contributed by atoms with E-state index in [-0.39, 0.29) is 0 Å². The van der Waals surface area contributed by atoms with E-state index in [9.17, 15) is 9.28 Å². The average Bonchev–Trinajstić information content (AvgIpc) is 2.05. The molecule has 0 amide bonds. The van der Waals surface area contributed by atoms with E-state index in [2.05, 4.69) is 4.74 Å². The van der Waals surface area contributed by atoms with Crippen LogP contribution in [0.5, 0.6) is 0 Å². The van der Waals surface area contributed by atoms with Crippen molar-refractivity contribution < 1.29 is 18.8 Å². The quantitative estimate of drug-likeness (QED) is 0.554. The zero-order chi connectivity index (χ0) is 8.27. The molecule has 0 unspecified atom stereocenters. The molecule has 0 spiro atoms. The number of carbonyl (C=O) groups is 1. The number of pyridine rings is 1. The molecule has 0 aliphatic carbocycles. The zero-order valence-electron chi connectivity index (χ0n) is 5.95. The molecule has 0 bridgehead atoms. The lowest BCUT2D eigenvalue weighted by Crippen LogP contribution is -2.20. The van der Waals surface area contributed by atoms with Crippen LogP contribution in [0, 0.1) is 0 Å².